The maximum atomic E-state index is 13.6. The van der Waals surface area contributed by atoms with E-state index in [1.807, 2.05) is 12.1 Å². The summed E-state index contributed by atoms with van der Waals surface area (Å²) in [5.41, 5.74) is 0.559. The molecule has 0 saturated carbocycles. The number of carbonyl (C=O) groups is 1. The van der Waals surface area contributed by atoms with Crippen molar-refractivity contribution in [2.75, 3.05) is 0 Å². The Kier molecular flexibility index (Phi) is 6.11. The monoisotopic (exact) mass is 380 g/mol. The van der Waals surface area contributed by atoms with Crippen LogP contribution in [0.4, 0.5) is 8.78 Å². The minimum Gasteiger partial charge on any atom is -0.439 e. The van der Waals surface area contributed by atoms with Crippen molar-refractivity contribution in [3.8, 4) is 11.6 Å². The number of amides is 1. The lowest BCUT2D eigenvalue weighted by Gasteiger charge is -2.14. The first-order valence-electron chi connectivity index (χ1n) is 8.64. The summed E-state index contributed by atoms with van der Waals surface area (Å²) in [5, 5.41) is 2.75. The Labute approximate surface area is 161 Å². The zero-order chi connectivity index (χ0) is 19.9. The Morgan fingerprint density at radius 3 is 2.54 bits per heavy atom. The molecule has 0 spiro atoms. The van der Waals surface area contributed by atoms with E-state index in [0.29, 0.717) is 11.6 Å². The third-order valence-corrected chi connectivity index (χ3v) is 3.98. The van der Waals surface area contributed by atoms with Crippen LogP contribution < -0.4 is 10.1 Å². The summed E-state index contributed by atoms with van der Waals surface area (Å²) in [6.45, 7) is 1.80. The fourth-order valence-corrected chi connectivity index (χ4v) is 2.55. The SMILES string of the molecule is CC(NC(=O)C=Cc1c(F)cccc1F)c1cccc(Oc2ccccn2)c1. The molecular formula is C22H18F2N2O2. The van der Waals surface area contributed by atoms with Crippen LogP contribution >= 0.6 is 0 Å². The fraction of sp³-hybridized carbons (Fsp3) is 0.0909. The van der Waals surface area contributed by atoms with Gasteiger partial charge in [-0.25, -0.2) is 13.8 Å². The van der Waals surface area contributed by atoms with E-state index >= 15 is 0 Å². The Bertz CT molecular complexity index is 971. The average Bonchev–Trinajstić information content (AvgIpc) is 2.68. The molecule has 4 nitrogen and oxygen atoms in total. The molecular weight excluding hydrogens is 362 g/mol. The number of benzene rings is 2. The number of ether oxygens (including phenoxy) is 1. The van der Waals surface area contributed by atoms with Gasteiger partial charge >= 0.3 is 0 Å². The third-order valence-electron chi connectivity index (χ3n) is 3.98. The molecule has 142 valence electrons. The predicted octanol–water partition coefficient (Wildman–Crippen LogP) is 5.04. The molecule has 2 aromatic carbocycles. The summed E-state index contributed by atoms with van der Waals surface area (Å²) >= 11 is 0. The zero-order valence-corrected chi connectivity index (χ0v) is 15.1. The molecule has 1 atom stereocenters. The lowest BCUT2D eigenvalue weighted by atomic mass is 10.1. The molecule has 0 radical (unpaired) electrons. The normalized spacial score (nSPS) is 12.0. The molecule has 0 aliphatic heterocycles. The summed E-state index contributed by atoms with van der Waals surface area (Å²) in [6.07, 6.45) is 3.85. The first-order valence-corrected chi connectivity index (χ1v) is 8.64. The highest BCUT2D eigenvalue weighted by atomic mass is 19.1. The van der Waals surface area contributed by atoms with Gasteiger partial charge in [-0.15, -0.1) is 0 Å². The van der Waals surface area contributed by atoms with Crippen molar-refractivity contribution in [2.45, 2.75) is 13.0 Å². The number of hydrogen-bond acceptors (Lipinski definition) is 3. The molecule has 0 fully saturated rings. The highest BCUT2D eigenvalue weighted by Crippen LogP contribution is 2.23. The Hall–Kier alpha value is -3.54. The number of carbonyl (C=O) groups excluding carboxylic acids is 1. The first kappa shape index (κ1) is 19.2. The lowest BCUT2D eigenvalue weighted by molar-refractivity contribution is -0.117. The smallest absolute Gasteiger partial charge is 0.244 e. The van der Waals surface area contributed by atoms with Crippen molar-refractivity contribution in [2.24, 2.45) is 0 Å². The number of hydrogen-bond donors (Lipinski definition) is 1. The van der Waals surface area contributed by atoms with Gasteiger partial charge in [-0.2, -0.15) is 0 Å². The number of rotatable bonds is 6. The number of aromatic nitrogens is 1. The molecule has 6 heteroatoms. The number of nitrogens with one attached hydrogen (secondary N) is 1. The van der Waals surface area contributed by atoms with Crippen molar-refractivity contribution in [1.29, 1.82) is 0 Å². The van der Waals surface area contributed by atoms with Crippen LogP contribution in [0.1, 0.15) is 24.1 Å². The molecule has 1 heterocycles. The van der Waals surface area contributed by atoms with Gasteiger partial charge in [0, 0.05) is 23.9 Å². The van der Waals surface area contributed by atoms with Crippen molar-refractivity contribution in [1.82, 2.24) is 10.3 Å². The Morgan fingerprint density at radius 1 is 1.07 bits per heavy atom. The van der Waals surface area contributed by atoms with E-state index in [2.05, 4.69) is 10.3 Å². The zero-order valence-electron chi connectivity index (χ0n) is 15.1. The summed E-state index contributed by atoms with van der Waals surface area (Å²) < 4.78 is 32.9. The van der Waals surface area contributed by atoms with E-state index in [9.17, 15) is 13.6 Å². The van der Waals surface area contributed by atoms with Crippen LogP contribution in [0.3, 0.4) is 0 Å². The third kappa shape index (κ3) is 5.01. The van der Waals surface area contributed by atoms with Crippen LogP contribution in [-0.4, -0.2) is 10.9 Å². The van der Waals surface area contributed by atoms with Crippen molar-refractivity contribution < 1.29 is 18.3 Å². The average molecular weight is 380 g/mol. The van der Waals surface area contributed by atoms with E-state index < -0.39 is 17.5 Å². The van der Waals surface area contributed by atoms with Gasteiger partial charge in [0.25, 0.3) is 0 Å². The molecule has 3 rings (SSSR count). The molecule has 0 aliphatic rings. The van der Waals surface area contributed by atoms with Crippen molar-refractivity contribution in [3.63, 3.8) is 0 Å². The minimum atomic E-state index is -0.725. The standard InChI is InChI=1S/C22H18F2N2O2/c1-15(26-21(27)12-11-18-19(23)8-5-9-20(18)24)16-6-4-7-17(14-16)28-22-10-2-3-13-25-22/h2-15H,1H3,(H,26,27). The van der Waals surface area contributed by atoms with Gasteiger partial charge in [-0.1, -0.05) is 24.3 Å². The van der Waals surface area contributed by atoms with Gasteiger partial charge in [-0.05, 0) is 48.9 Å². The van der Waals surface area contributed by atoms with Crippen LogP contribution in [0, 0.1) is 11.6 Å². The summed E-state index contributed by atoms with van der Waals surface area (Å²) in [5.74, 6) is -0.869. The Balaban J connectivity index is 1.65. The molecule has 3 aromatic rings. The first-order chi connectivity index (χ1) is 13.5. The van der Waals surface area contributed by atoms with Crippen LogP contribution in [0.5, 0.6) is 11.6 Å². The van der Waals surface area contributed by atoms with E-state index in [0.717, 1.165) is 29.8 Å². The second-order valence-corrected chi connectivity index (χ2v) is 6.04. The molecule has 0 saturated heterocycles. The van der Waals surface area contributed by atoms with Crippen LogP contribution in [0.15, 0.2) is 72.9 Å². The fourth-order valence-electron chi connectivity index (χ4n) is 2.55. The number of nitrogens with zero attached hydrogens (tertiary/aromatic N) is 1. The summed E-state index contributed by atoms with van der Waals surface area (Å²) in [6, 6.07) is 15.8. The van der Waals surface area contributed by atoms with Gasteiger partial charge in [0.05, 0.1) is 6.04 Å². The van der Waals surface area contributed by atoms with Crippen molar-refractivity contribution in [3.05, 3.63) is 95.7 Å². The predicted molar refractivity (Wildman–Crippen MR) is 103 cm³/mol. The molecule has 1 amide bonds. The lowest BCUT2D eigenvalue weighted by Crippen LogP contribution is -2.24. The van der Waals surface area contributed by atoms with Gasteiger partial charge in [-0.3, -0.25) is 4.79 Å². The second-order valence-electron chi connectivity index (χ2n) is 6.04. The minimum absolute atomic E-state index is 0.254. The number of halogens is 2. The van der Waals surface area contributed by atoms with E-state index in [1.165, 1.54) is 6.07 Å². The molecule has 28 heavy (non-hydrogen) atoms. The van der Waals surface area contributed by atoms with Crippen molar-refractivity contribution >= 4 is 12.0 Å². The molecule has 1 aromatic heterocycles. The van der Waals surface area contributed by atoms with E-state index in [1.54, 1.807) is 43.5 Å². The van der Waals surface area contributed by atoms with Gasteiger partial charge in [0.15, 0.2) is 0 Å². The highest BCUT2D eigenvalue weighted by molar-refractivity contribution is 5.92. The van der Waals surface area contributed by atoms with E-state index in [4.69, 9.17) is 4.74 Å². The highest BCUT2D eigenvalue weighted by Gasteiger charge is 2.10. The van der Waals surface area contributed by atoms with Gasteiger partial charge in [0.1, 0.15) is 17.4 Å². The van der Waals surface area contributed by atoms with Gasteiger partial charge < -0.3 is 10.1 Å². The molecule has 0 aliphatic carbocycles. The van der Waals surface area contributed by atoms with E-state index in [-0.39, 0.29) is 11.6 Å². The molecule has 1 unspecified atom stereocenters. The quantitative estimate of drug-likeness (QED) is 0.610. The number of pyridine rings is 1. The van der Waals surface area contributed by atoms with Gasteiger partial charge in [0.2, 0.25) is 11.8 Å². The summed E-state index contributed by atoms with van der Waals surface area (Å²) in [4.78, 5) is 16.2. The largest absolute Gasteiger partial charge is 0.439 e. The molecule has 0 bridgehead atoms. The maximum absolute atomic E-state index is 13.6. The maximum Gasteiger partial charge on any atom is 0.244 e. The Morgan fingerprint density at radius 2 is 1.82 bits per heavy atom. The topological polar surface area (TPSA) is 51.2 Å². The second kappa shape index (κ2) is 8.90. The van der Waals surface area contributed by atoms with Crippen LogP contribution in [0.2, 0.25) is 0 Å². The van der Waals surface area contributed by atoms with Crippen LogP contribution in [0.25, 0.3) is 6.08 Å². The molecule has 1 N–H and O–H groups in total. The van der Waals surface area contributed by atoms with Crippen LogP contribution in [-0.2, 0) is 4.79 Å². The summed E-state index contributed by atoms with van der Waals surface area (Å²) in [7, 11) is 0.